The summed E-state index contributed by atoms with van der Waals surface area (Å²) in [6, 6.07) is 7.10. The fourth-order valence-electron chi connectivity index (χ4n) is 1.74. The maximum Gasteiger partial charge on any atom is 0.339 e. The predicted molar refractivity (Wildman–Crippen MR) is 74.5 cm³/mol. The minimum atomic E-state index is -1.27. The maximum atomic E-state index is 11.7. The Kier molecular flexibility index (Phi) is 4.45. The van der Waals surface area contributed by atoms with Gasteiger partial charge in [-0.15, -0.1) is 0 Å². The number of hydrogen-bond donors (Lipinski definition) is 4. The van der Waals surface area contributed by atoms with Crippen molar-refractivity contribution in [2.45, 2.75) is 6.42 Å². The number of amides is 2. The zero-order valence-corrected chi connectivity index (χ0v) is 11.0. The van der Waals surface area contributed by atoms with Crippen molar-refractivity contribution in [1.29, 1.82) is 0 Å². The van der Waals surface area contributed by atoms with Crippen molar-refractivity contribution in [1.82, 2.24) is 5.32 Å². The highest BCUT2D eigenvalue weighted by Gasteiger charge is 2.14. The molecule has 0 unspecified atom stereocenters. The van der Waals surface area contributed by atoms with Crippen LogP contribution in [0.5, 0.6) is 5.75 Å². The van der Waals surface area contributed by atoms with Gasteiger partial charge >= 0.3 is 12.0 Å². The summed E-state index contributed by atoms with van der Waals surface area (Å²) in [4.78, 5) is 22.5. The van der Waals surface area contributed by atoms with E-state index in [1.165, 1.54) is 18.2 Å². The number of furan rings is 1. The molecule has 1 aromatic carbocycles. The van der Waals surface area contributed by atoms with Gasteiger partial charge < -0.3 is 25.3 Å². The number of phenols is 1. The van der Waals surface area contributed by atoms with Gasteiger partial charge in [-0.1, -0.05) is 6.07 Å². The number of aromatic hydroxyl groups is 1. The SMILES string of the molecule is O=C(NCCc1ccco1)Nc1cccc(C(=O)O)c1O. The molecule has 2 amide bonds. The number of nitrogens with one attached hydrogen (secondary N) is 2. The molecule has 21 heavy (non-hydrogen) atoms. The summed E-state index contributed by atoms with van der Waals surface area (Å²) >= 11 is 0. The molecule has 1 aromatic heterocycles. The van der Waals surface area contributed by atoms with Gasteiger partial charge in [0.05, 0.1) is 12.0 Å². The first-order valence-electron chi connectivity index (χ1n) is 6.20. The van der Waals surface area contributed by atoms with E-state index in [0.29, 0.717) is 13.0 Å². The molecule has 0 aliphatic carbocycles. The largest absolute Gasteiger partial charge is 0.505 e. The third-order valence-electron chi connectivity index (χ3n) is 2.75. The van der Waals surface area contributed by atoms with E-state index in [4.69, 9.17) is 9.52 Å². The van der Waals surface area contributed by atoms with E-state index in [-0.39, 0.29) is 11.3 Å². The number of benzene rings is 1. The quantitative estimate of drug-likeness (QED) is 0.630. The first-order valence-corrected chi connectivity index (χ1v) is 6.20. The number of carbonyl (C=O) groups is 2. The highest BCUT2D eigenvalue weighted by atomic mass is 16.4. The summed E-state index contributed by atoms with van der Waals surface area (Å²) < 4.78 is 5.12. The monoisotopic (exact) mass is 290 g/mol. The molecule has 0 saturated heterocycles. The first-order chi connectivity index (χ1) is 10.1. The summed E-state index contributed by atoms with van der Waals surface area (Å²) in [6.07, 6.45) is 2.08. The van der Waals surface area contributed by atoms with Crippen molar-refractivity contribution < 1.29 is 24.2 Å². The van der Waals surface area contributed by atoms with Gasteiger partial charge in [0.25, 0.3) is 0 Å². The zero-order chi connectivity index (χ0) is 15.2. The molecule has 0 bridgehead atoms. The second-order valence-corrected chi connectivity index (χ2v) is 4.22. The van der Waals surface area contributed by atoms with Crippen LogP contribution < -0.4 is 10.6 Å². The van der Waals surface area contributed by atoms with Crippen molar-refractivity contribution in [3.63, 3.8) is 0 Å². The van der Waals surface area contributed by atoms with Crippen molar-refractivity contribution in [3.05, 3.63) is 47.9 Å². The lowest BCUT2D eigenvalue weighted by atomic mass is 10.1. The van der Waals surface area contributed by atoms with Crippen LogP contribution in [0.15, 0.2) is 41.0 Å². The van der Waals surface area contributed by atoms with Crippen LogP contribution in [0.3, 0.4) is 0 Å². The maximum absolute atomic E-state index is 11.7. The summed E-state index contributed by atoms with van der Waals surface area (Å²) in [7, 11) is 0. The molecule has 0 aliphatic rings. The Morgan fingerprint density at radius 3 is 2.67 bits per heavy atom. The lowest BCUT2D eigenvalue weighted by molar-refractivity contribution is 0.0693. The molecule has 0 radical (unpaired) electrons. The minimum absolute atomic E-state index is 0.0328. The van der Waals surface area contributed by atoms with Crippen LogP contribution in [0.4, 0.5) is 10.5 Å². The molecule has 0 saturated carbocycles. The smallest absolute Gasteiger partial charge is 0.339 e. The third kappa shape index (κ3) is 3.75. The lowest BCUT2D eigenvalue weighted by Crippen LogP contribution is -2.30. The minimum Gasteiger partial charge on any atom is -0.505 e. The average molecular weight is 290 g/mol. The number of carbonyl (C=O) groups excluding carboxylic acids is 1. The molecular weight excluding hydrogens is 276 g/mol. The summed E-state index contributed by atoms with van der Waals surface area (Å²) in [6.45, 7) is 0.346. The molecule has 110 valence electrons. The van der Waals surface area contributed by atoms with Gasteiger partial charge in [-0.2, -0.15) is 0 Å². The Bertz CT molecular complexity index is 637. The zero-order valence-electron chi connectivity index (χ0n) is 11.0. The van der Waals surface area contributed by atoms with Crippen LogP contribution in [-0.4, -0.2) is 28.8 Å². The van der Waals surface area contributed by atoms with E-state index in [9.17, 15) is 14.7 Å². The normalized spacial score (nSPS) is 10.1. The van der Waals surface area contributed by atoms with E-state index in [1.54, 1.807) is 18.4 Å². The molecule has 4 N–H and O–H groups in total. The van der Waals surface area contributed by atoms with Crippen LogP contribution in [-0.2, 0) is 6.42 Å². The Balaban J connectivity index is 1.90. The third-order valence-corrected chi connectivity index (χ3v) is 2.75. The molecule has 0 atom stereocenters. The summed E-state index contributed by atoms with van der Waals surface area (Å²) in [5.74, 6) is -1.01. The van der Waals surface area contributed by atoms with Gasteiger partial charge in [-0.05, 0) is 24.3 Å². The van der Waals surface area contributed by atoms with E-state index in [1.807, 2.05) is 0 Å². The molecular formula is C14H14N2O5. The fraction of sp³-hybridized carbons (Fsp3) is 0.143. The fourth-order valence-corrected chi connectivity index (χ4v) is 1.74. The van der Waals surface area contributed by atoms with Crippen molar-refractivity contribution in [2.75, 3.05) is 11.9 Å². The molecule has 1 heterocycles. The topological polar surface area (TPSA) is 112 Å². The summed E-state index contributed by atoms with van der Waals surface area (Å²) in [5, 5.41) is 23.6. The van der Waals surface area contributed by atoms with Crippen LogP contribution in [0, 0.1) is 0 Å². The summed E-state index contributed by atoms with van der Waals surface area (Å²) in [5.41, 5.74) is -0.242. The van der Waals surface area contributed by atoms with E-state index in [2.05, 4.69) is 10.6 Å². The Morgan fingerprint density at radius 2 is 2.00 bits per heavy atom. The first kappa shape index (κ1) is 14.4. The number of carboxylic acids is 1. The van der Waals surface area contributed by atoms with Gasteiger partial charge in [0.2, 0.25) is 0 Å². The number of carboxylic acid groups (broad SMARTS) is 1. The van der Waals surface area contributed by atoms with Gasteiger partial charge in [-0.3, -0.25) is 0 Å². The molecule has 7 heteroatoms. The Hall–Kier alpha value is -2.96. The van der Waals surface area contributed by atoms with Gasteiger partial charge in [0.15, 0.2) is 5.75 Å². The van der Waals surface area contributed by atoms with E-state index >= 15 is 0 Å². The van der Waals surface area contributed by atoms with Gasteiger partial charge in [0.1, 0.15) is 11.3 Å². The van der Waals surface area contributed by atoms with Crippen LogP contribution in [0.25, 0.3) is 0 Å². The average Bonchev–Trinajstić information content (AvgIpc) is 2.94. The number of anilines is 1. The highest BCUT2D eigenvalue weighted by molar-refractivity contribution is 5.97. The highest BCUT2D eigenvalue weighted by Crippen LogP contribution is 2.27. The molecule has 0 spiro atoms. The number of rotatable bonds is 5. The second-order valence-electron chi connectivity index (χ2n) is 4.22. The van der Waals surface area contributed by atoms with Crippen LogP contribution in [0.1, 0.15) is 16.1 Å². The molecule has 2 aromatic rings. The predicted octanol–water partition coefficient (Wildman–Crippen LogP) is 2.05. The molecule has 2 rings (SSSR count). The Morgan fingerprint density at radius 1 is 1.19 bits per heavy atom. The van der Waals surface area contributed by atoms with Crippen molar-refractivity contribution in [3.8, 4) is 5.75 Å². The number of hydrogen-bond acceptors (Lipinski definition) is 4. The molecule has 7 nitrogen and oxygen atoms in total. The standard InChI is InChI=1S/C14H14N2O5/c17-12-10(13(18)19)4-1-5-11(12)16-14(20)15-7-6-9-3-2-8-21-9/h1-5,8,17H,6-7H2,(H,18,19)(H2,15,16,20). The molecule has 0 aliphatic heterocycles. The Labute approximate surface area is 120 Å². The second kappa shape index (κ2) is 6.47. The molecule has 0 fully saturated rings. The number of aromatic carboxylic acids is 1. The number of para-hydroxylation sites is 1. The van der Waals surface area contributed by atoms with Crippen molar-refractivity contribution in [2.24, 2.45) is 0 Å². The van der Waals surface area contributed by atoms with E-state index in [0.717, 1.165) is 5.76 Å². The van der Waals surface area contributed by atoms with Gasteiger partial charge in [0, 0.05) is 13.0 Å². The van der Waals surface area contributed by atoms with Crippen LogP contribution >= 0.6 is 0 Å². The van der Waals surface area contributed by atoms with Gasteiger partial charge in [-0.25, -0.2) is 9.59 Å². The number of urea groups is 1. The van der Waals surface area contributed by atoms with Crippen molar-refractivity contribution >= 4 is 17.7 Å². The lowest BCUT2D eigenvalue weighted by Gasteiger charge is -2.10. The van der Waals surface area contributed by atoms with E-state index < -0.39 is 17.7 Å². The van der Waals surface area contributed by atoms with Crippen LogP contribution in [0.2, 0.25) is 0 Å².